The summed E-state index contributed by atoms with van der Waals surface area (Å²) in [4.78, 5) is 37.2. The van der Waals surface area contributed by atoms with Crippen molar-refractivity contribution in [2.75, 3.05) is 26.9 Å². The van der Waals surface area contributed by atoms with Crippen molar-refractivity contribution in [1.82, 2.24) is 10.6 Å². The Bertz CT molecular complexity index is 1430. The van der Waals surface area contributed by atoms with Gasteiger partial charge < -0.3 is 30.0 Å². The molecule has 0 aliphatic carbocycles. The molecule has 0 saturated heterocycles. The van der Waals surface area contributed by atoms with Crippen molar-refractivity contribution in [2.45, 2.75) is 45.3 Å². The molecule has 2 atom stereocenters. The molecule has 0 bridgehead atoms. The summed E-state index contributed by atoms with van der Waals surface area (Å²) in [6.07, 6.45) is -0.430. The molecule has 2 aromatic carbocycles. The number of non-ortho nitro benzene ring substituents is 1. The number of para-hydroxylation sites is 1. The third-order valence-electron chi connectivity index (χ3n) is 6.48. The molecule has 0 amide bonds. The lowest BCUT2D eigenvalue weighted by Crippen LogP contribution is -2.35. The number of nitro groups is 1. The molecule has 0 radical (unpaired) electrons. The predicted octanol–water partition coefficient (Wildman–Crippen LogP) is 3.03. The molecule has 12 heteroatoms. The van der Waals surface area contributed by atoms with Gasteiger partial charge in [-0.2, -0.15) is 5.26 Å². The zero-order valence-electron chi connectivity index (χ0n) is 23.9. The van der Waals surface area contributed by atoms with Gasteiger partial charge in [-0.05, 0) is 24.1 Å². The minimum Gasteiger partial charge on any atom is -0.491 e. The lowest BCUT2D eigenvalue weighted by Gasteiger charge is -2.29. The fourth-order valence-electron chi connectivity index (χ4n) is 4.47. The highest BCUT2D eigenvalue weighted by Gasteiger charge is 2.39. The van der Waals surface area contributed by atoms with Crippen LogP contribution in [0.5, 0.6) is 5.75 Å². The fraction of sp³-hybridized carbons (Fsp3) is 0.367. The quantitative estimate of drug-likeness (QED) is 0.181. The standard InChI is InChI=1S/C30H34N4O8/c1-18(2)32-16-23(35)17-42-25-11-6-5-8-20(25)12-13-41-30(37)26-19(3)33-24(15-31)28(29(36)40-4)27(26)21-9-7-10-22(14-21)34(38)39/h5-11,14,18,23,27,32-33,35H,12-13,16-17H2,1-4H3. The number of carbonyl (C=O) groups excluding carboxylic acids is 2. The Labute approximate surface area is 243 Å². The Kier molecular flexibility index (Phi) is 11.2. The molecule has 2 aromatic rings. The Morgan fingerprint density at radius 1 is 1.17 bits per heavy atom. The minimum absolute atomic E-state index is 0.0141. The Morgan fingerprint density at radius 3 is 2.57 bits per heavy atom. The van der Waals surface area contributed by atoms with Crippen LogP contribution in [0.15, 0.2) is 71.1 Å². The van der Waals surface area contributed by atoms with Crippen LogP contribution < -0.4 is 15.4 Å². The van der Waals surface area contributed by atoms with Crippen molar-refractivity contribution in [1.29, 1.82) is 5.26 Å². The van der Waals surface area contributed by atoms with E-state index in [-0.39, 0.29) is 59.5 Å². The lowest BCUT2D eigenvalue weighted by molar-refractivity contribution is -0.384. The number of dihydropyridines is 1. The maximum Gasteiger partial charge on any atom is 0.337 e. The molecule has 0 spiro atoms. The second kappa shape index (κ2) is 14.8. The maximum absolute atomic E-state index is 13.5. The minimum atomic E-state index is -1.16. The highest BCUT2D eigenvalue weighted by molar-refractivity contribution is 6.00. The smallest absolute Gasteiger partial charge is 0.337 e. The van der Waals surface area contributed by atoms with Crippen molar-refractivity contribution in [3.8, 4) is 11.8 Å². The summed E-state index contributed by atoms with van der Waals surface area (Å²) in [5.74, 6) is -2.26. The van der Waals surface area contributed by atoms with E-state index < -0.39 is 28.9 Å². The third kappa shape index (κ3) is 7.93. The third-order valence-corrected chi connectivity index (χ3v) is 6.48. The van der Waals surface area contributed by atoms with Crippen LogP contribution in [-0.4, -0.2) is 61.0 Å². The Balaban J connectivity index is 1.82. The van der Waals surface area contributed by atoms with Crippen molar-refractivity contribution in [3.63, 3.8) is 0 Å². The molecule has 222 valence electrons. The molecule has 2 unspecified atom stereocenters. The van der Waals surface area contributed by atoms with E-state index in [1.54, 1.807) is 19.1 Å². The molecule has 42 heavy (non-hydrogen) atoms. The molecule has 0 fully saturated rings. The van der Waals surface area contributed by atoms with E-state index in [0.717, 1.165) is 12.7 Å². The number of rotatable bonds is 13. The van der Waals surface area contributed by atoms with E-state index in [9.17, 15) is 30.1 Å². The number of esters is 2. The van der Waals surface area contributed by atoms with Crippen molar-refractivity contribution in [3.05, 3.63) is 92.3 Å². The second-order valence-electron chi connectivity index (χ2n) is 9.86. The molecule has 3 N–H and O–H groups in total. The molecule has 1 aliphatic rings. The summed E-state index contributed by atoms with van der Waals surface area (Å²) in [5.41, 5.74) is 0.717. The van der Waals surface area contributed by atoms with E-state index in [0.29, 0.717) is 12.3 Å². The Morgan fingerprint density at radius 2 is 1.90 bits per heavy atom. The number of nitro benzene ring substituents is 1. The lowest BCUT2D eigenvalue weighted by atomic mass is 9.80. The van der Waals surface area contributed by atoms with E-state index >= 15 is 0 Å². The zero-order chi connectivity index (χ0) is 30.8. The molecule has 0 saturated carbocycles. The number of nitrogens with one attached hydrogen (secondary N) is 2. The van der Waals surface area contributed by atoms with Crippen molar-refractivity contribution >= 4 is 17.6 Å². The average molecular weight is 579 g/mol. The van der Waals surface area contributed by atoms with Crippen LogP contribution in [0.3, 0.4) is 0 Å². The second-order valence-corrected chi connectivity index (χ2v) is 9.86. The Hall–Kier alpha value is -4.73. The first kappa shape index (κ1) is 31.8. The number of ether oxygens (including phenoxy) is 3. The molecule has 1 aliphatic heterocycles. The first-order valence-electron chi connectivity index (χ1n) is 13.3. The monoisotopic (exact) mass is 578 g/mol. The largest absolute Gasteiger partial charge is 0.491 e. The number of allylic oxidation sites excluding steroid dienone is 2. The molecule has 0 aromatic heterocycles. The average Bonchev–Trinajstić information content (AvgIpc) is 2.98. The summed E-state index contributed by atoms with van der Waals surface area (Å²) >= 11 is 0. The first-order valence-corrected chi connectivity index (χ1v) is 13.3. The molecule has 3 rings (SSSR count). The molecular weight excluding hydrogens is 544 g/mol. The van der Waals surface area contributed by atoms with Gasteiger partial charge in [-0.3, -0.25) is 10.1 Å². The van der Waals surface area contributed by atoms with E-state index in [2.05, 4.69) is 10.6 Å². The number of hydrogen-bond donors (Lipinski definition) is 3. The SMILES string of the molecule is COC(=O)C1=C(C#N)NC(C)=C(C(=O)OCCc2ccccc2OCC(O)CNC(C)C)C1c1cccc([N+](=O)[O-])c1. The molecule has 12 nitrogen and oxygen atoms in total. The summed E-state index contributed by atoms with van der Waals surface area (Å²) in [5, 5.41) is 37.3. The highest BCUT2D eigenvalue weighted by Crippen LogP contribution is 2.40. The summed E-state index contributed by atoms with van der Waals surface area (Å²) in [6, 6.07) is 14.8. The number of nitrogens with zero attached hydrogens (tertiary/aromatic N) is 2. The number of carbonyl (C=O) groups is 2. The first-order chi connectivity index (χ1) is 20.1. The van der Waals surface area contributed by atoms with Gasteiger partial charge in [0.05, 0.1) is 35.7 Å². The normalized spacial score (nSPS) is 15.5. The van der Waals surface area contributed by atoms with Crippen molar-refractivity contribution < 1.29 is 33.8 Å². The van der Waals surface area contributed by atoms with Crippen LogP contribution in [0.2, 0.25) is 0 Å². The van der Waals surface area contributed by atoms with Crippen LogP contribution in [0.25, 0.3) is 0 Å². The van der Waals surface area contributed by atoms with Crippen LogP contribution in [0.4, 0.5) is 5.69 Å². The number of aliphatic hydroxyl groups is 1. The number of nitriles is 1. The van der Waals surface area contributed by atoms with Crippen LogP contribution in [0, 0.1) is 21.4 Å². The van der Waals surface area contributed by atoms with E-state index in [4.69, 9.17) is 14.2 Å². The molecule has 1 heterocycles. The summed E-state index contributed by atoms with van der Waals surface area (Å²) < 4.78 is 16.3. The van der Waals surface area contributed by atoms with Crippen LogP contribution in [0.1, 0.15) is 37.8 Å². The zero-order valence-corrected chi connectivity index (χ0v) is 23.9. The van der Waals surface area contributed by atoms with Gasteiger partial charge in [-0.25, -0.2) is 9.59 Å². The van der Waals surface area contributed by atoms with E-state index in [1.807, 2.05) is 32.0 Å². The van der Waals surface area contributed by atoms with Gasteiger partial charge in [0.1, 0.15) is 30.2 Å². The number of hydrogen-bond acceptors (Lipinski definition) is 11. The maximum atomic E-state index is 13.5. The van der Waals surface area contributed by atoms with E-state index in [1.165, 1.54) is 24.3 Å². The predicted molar refractivity (Wildman–Crippen MR) is 152 cm³/mol. The topological polar surface area (TPSA) is 173 Å². The van der Waals surface area contributed by atoms with Crippen LogP contribution in [-0.2, 0) is 25.5 Å². The highest BCUT2D eigenvalue weighted by atomic mass is 16.6. The molecular formula is C30H34N4O8. The van der Waals surface area contributed by atoms with Gasteiger partial charge in [-0.1, -0.05) is 44.2 Å². The summed E-state index contributed by atoms with van der Waals surface area (Å²) in [6.45, 7) is 5.90. The number of aliphatic hydroxyl groups excluding tert-OH is 1. The fourth-order valence-corrected chi connectivity index (χ4v) is 4.47. The summed E-state index contributed by atoms with van der Waals surface area (Å²) in [7, 11) is 1.14. The number of benzene rings is 2. The van der Waals surface area contributed by atoms with Crippen LogP contribution >= 0.6 is 0 Å². The van der Waals surface area contributed by atoms with Gasteiger partial charge in [0.15, 0.2) is 0 Å². The van der Waals surface area contributed by atoms with Gasteiger partial charge in [-0.15, -0.1) is 0 Å². The van der Waals surface area contributed by atoms with Gasteiger partial charge >= 0.3 is 11.9 Å². The van der Waals surface area contributed by atoms with Gasteiger partial charge in [0.25, 0.3) is 5.69 Å². The number of methoxy groups -OCH3 is 1. The van der Waals surface area contributed by atoms with Crippen molar-refractivity contribution in [2.24, 2.45) is 0 Å². The van der Waals surface area contributed by atoms with Gasteiger partial charge in [0.2, 0.25) is 0 Å². The van der Waals surface area contributed by atoms with Gasteiger partial charge in [0, 0.05) is 36.8 Å².